The molecule has 1 aromatic heterocycles. The molecule has 0 aliphatic rings. The lowest BCUT2D eigenvalue weighted by Gasteiger charge is -2.05. The number of ketones is 1. The summed E-state index contributed by atoms with van der Waals surface area (Å²) in [6.07, 6.45) is 3.51. The third-order valence-corrected chi connectivity index (χ3v) is 3.10. The van der Waals surface area contributed by atoms with Crippen LogP contribution in [0.3, 0.4) is 0 Å². The number of halogens is 1. The molecule has 1 aromatic carbocycles. The fourth-order valence-electron chi connectivity index (χ4n) is 1.50. The zero-order valence-corrected chi connectivity index (χ0v) is 10.4. The molecule has 0 spiro atoms. The van der Waals surface area contributed by atoms with E-state index >= 15 is 0 Å². The van der Waals surface area contributed by atoms with Crippen LogP contribution in [0.1, 0.15) is 16.2 Å². The quantitative estimate of drug-likeness (QED) is 0.810. The molecule has 0 atom stereocenters. The second-order valence-corrected chi connectivity index (χ2v) is 4.36. The summed E-state index contributed by atoms with van der Waals surface area (Å²) in [6, 6.07) is 7.44. The first-order valence-electron chi connectivity index (χ1n) is 4.94. The van der Waals surface area contributed by atoms with E-state index in [-0.39, 0.29) is 5.78 Å². The van der Waals surface area contributed by atoms with Gasteiger partial charge in [0.1, 0.15) is 5.82 Å². The van der Waals surface area contributed by atoms with Crippen LogP contribution in [0.2, 0.25) is 0 Å². The van der Waals surface area contributed by atoms with E-state index in [9.17, 15) is 4.79 Å². The number of Topliss-reactive ketones (excluding diaryl/α,β-unsaturated/α-hetero) is 1. The summed E-state index contributed by atoms with van der Waals surface area (Å²) in [5.41, 5.74) is 0.704. The van der Waals surface area contributed by atoms with Gasteiger partial charge in [0.2, 0.25) is 0 Å². The van der Waals surface area contributed by atoms with Crippen molar-refractivity contribution in [3.05, 3.63) is 52.5 Å². The lowest BCUT2D eigenvalue weighted by atomic mass is 10.1. The molecule has 0 aliphatic heterocycles. The summed E-state index contributed by atoms with van der Waals surface area (Å²) < 4.78 is 2.67. The molecule has 0 aliphatic carbocycles. The van der Waals surface area contributed by atoms with Gasteiger partial charge in [0, 0.05) is 22.4 Å². The van der Waals surface area contributed by atoms with Gasteiger partial charge in [-0.05, 0) is 13.0 Å². The second kappa shape index (κ2) is 4.61. The van der Waals surface area contributed by atoms with Crippen molar-refractivity contribution in [3.8, 4) is 0 Å². The molecule has 3 nitrogen and oxygen atoms in total. The van der Waals surface area contributed by atoms with Crippen molar-refractivity contribution in [2.45, 2.75) is 13.5 Å². The Morgan fingerprint density at radius 3 is 2.81 bits per heavy atom. The molecule has 0 unspecified atom stereocenters. The predicted octanol–water partition coefficient (Wildman–Crippen LogP) is 2.84. The maximum absolute atomic E-state index is 12.0. The van der Waals surface area contributed by atoms with E-state index in [0.29, 0.717) is 12.1 Å². The Balaban J connectivity index is 2.22. The highest BCUT2D eigenvalue weighted by molar-refractivity contribution is 9.10. The lowest BCUT2D eigenvalue weighted by molar-refractivity contribution is 0.0970. The summed E-state index contributed by atoms with van der Waals surface area (Å²) in [7, 11) is 0. The van der Waals surface area contributed by atoms with Gasteiger partial charge in [0.25, 0.3) is 0 Å². The number of imidazole rings is 1. The Morgan fingerprint density at radius 1 is 1.44 bits per heavy atom. The first-order chi connectivity index (χ1) is 7.68. The summed E-state index contributed by atoms with van der Waals surface area (Å²) in [5, 5.41) is 0. The SMILES string of the molecule is Cc1nccn1CC(=O)c1ccccc1Br. The highest BCUT2D eigenvalue weighted by atomic mass is 79.9. The molecule has 2 rings (SSSR count). The number of hydrogen-bond donors (Lipinski definition) is 0. The lowest BCUT2D eigenvalue weighted by Crippen LogP contribution is -2.11. The van der Waals surface area contributed by atoms with Gasteiger partial charge in [-0.2, -0.15) is 0 Å². The van der Waals surface area contributed by atoms with Crippen LogP contribution in [0, 0.1) is 6.92 Å². The number of benzene rings is 1. The number of nitrogens with zero attached hydrogens (tertiary/aromatic N) is 2. The van der Waals surface area contributed by atoms with E-state index in [2.05, 4.69) is 20.9 Å². The average Bonchev–Trinajstić information content (AvgIpc) is 2.65. The molecule has 0 bridgehead atoms. The molecule has 82 valence electrons. The second-order valence-electron chi connectivity index (χ2n) is 3.51. The van der Waals surface area contributed by atoms with Gasteiger partial charge in [-0.1, -0.05) is 34.1 Å². The summed E-state index contributed by atoms with van der Waals surface area (Å²) in [6.45, 7) is 2.21. The topological polar surface area (TPSA) is 34.9 Å². The van der Waals surface area contributed by atoms with E-state index in [0.717, 1.165) is 10.3 Å². The average molecular weight is 279 g/mol. The minimum atomic E-state index is 0.0774. The van der Waals surface area contributed by atoms with Crippen LogP contribution in [-0.2, 0) is 6.54 Å². The Kier molecular flexibility index (Phi) is 3.19. The van der Waals surface area contributed by atoms with Crippen LogP contribution in [0.5, 0.6) is 0 Å². The van der Waals surface area contributed by atoms with Crippen molar-refractivity contribution in [1.82, 2.24) is 9.55 Å². The number of carbonyl (C=O) groups is 1. The Hall–Kier alpha value is -1.42. The molecule has 4 heteroatoms. The number of hydrogen-bond acceptors (Lipinski definition) is 2. The van der Waals surface area contributed by atoms with Gasteiger partial charge in [0.15, 0.2) is 5.78 Å². The van der Waals surface area contributed by atoms with E-state index in [4.69, 9.17) is 0 Å². The third-order valence-electron chi connectivity index (χ3n) is 2.41. The molecule has 0 saturated carbocycles. The monoisotopic (exact) mass is 278 g/mol. The van der Waals surface area contributed by atoms with Crippen LogP contribution in [0.4, 0.5) is 0 Å². The van der Waals surface area contributed by atoms with Crippen molar-refractivity contribution in [3.63, 3.8) is 0 Å². The van der Waals surface area contributed by atoms with Gasteiger partial charge in [0.05, 0.1) is 6.54 Å². The van der Waals surface area contributed by atoms with Gasteiger partial charge < -0.3 is 4.57 Å². The molecule has 0 N–H and O–H groups in total. The summed E-state index contributed by atoms with van der Waals surface area (Å²) in [4.78, 5) is 16.1. The molecule has 0 saturated heterocycles. The maximum Gasteiger partial charge on any atom is 0.183 e. The van der Waals surface area contributed by atoms with E-state index in [1.807, 2.05) is 42.0 Å². The van der Waals surface area contributed by atoms with E-state index in [1.54, 1.807) is 6.20 Å². The normalized spacial score (nSPS) is 10.4. The van der Waals surface area contributed by atoms with Crippen LogP contribution in [-0.4, -0.2) is 15.3 Å². The van der Waals surface area contributed by atoms with Crippen LogP contribution in [0.25, 0.3) is 0 Å². The molecular weight excluding hydrogens is 268 g/mol. The van der Waals surface area contributed by atoms with Gasteiger partial charge in [-0.3, -0.25) is 4.79 Å². The van der Waals surface area contributed by atoms with E-state index < -0.39 is 0 Å². The Morgan fingerprint density at radius 2 is 2.19 bits per heavy atom. The highest BCUT2D eigenvalue weighted by Gasteiger charge is 2.10. The van der Waals surface area contributed by atoms with Gasteiger partial charge in [-0.15, -0.1) is 0 Å². The molecule has 0 radical (unpaired) electrons. The van der Waals surface area contributed by atoms with Crippen molar-refractivity contribution in [1.29, 1.82) is 0 Å². The fraction of sp³-hybridized carbons (Fsp3) is 0.167. The van der Waals surface area contributed by atoms with Crippen LogP contribution in [0.15, 0.2) is 41.1 Å². The molecule has 2 aromatic rings. The smallest absolute Gasteiger partial charge is 0.183 e. The number of rotatable bonds is 3. The fourth-order valence-corrected chi connectivity index (χ4v) is 2.00. The molecule has 16 heavy (non-hydrogen) atoms. The summed E-state index contributed by atoms with van der Waals surface area (Å²) >= 11 is 3.37. The standard InChI is InChI=1S/C12H11BrN2O/c1-9-14-6-7-15(9)8-12(16)10-4-2-3-5-11(10)13/h2-7H,8H2,1H3. The Labute approximate surface area is 102 Å². The zero-order valence-electron chi connectivity index (χ0n) is 8.85. The van der Waals surface area contributed by atoms with Gasteiger partial charge >= 0.3 is 0 Å². The van der Waals surface area contributed by atoms with Crippen LogP contribution < -0.4 is 0 Å². The molecule has 0 amide bonds. The van der Waals surface area contributed by atoms with Crippen LogP contribution >= 0.6 is 15.9 Å². The maximum atomic E-state index is 12.0. The predicted molar refractivity (Wildman–Crippen MR) is 65.4 cm³/mol. The van der Waals surface area contributed by atoms with Crippen molar-refractivity contribution >= 4 is 21.7 Å². The highest BCUT2D eigenvalue weighted by Crippen LogP contribution is 2.17. The van der Waals surface area contributed by atoms with E-state index in [1.165, 1.54) is 0 Å². The number of aryl methyl sites for hydroxylation is 1. The summed E-state index contributed by atoms with van der Waals surface area (Å²) in [5.74, 6) is 0.925. The zero-order chi connectivity index (χ0) is 11.5. The molecular formula is C12H11BrN2O. The van der Waals surface area contributed by atoms with Gasteiger partial charge in [-0.25, -0.2) is 4.98 Å². The van der Waals surface area contributed by atoms with Crippen molar-refractivity contribution < 1.29 is 4.79 Å². The Bertz CT molecular complexity index is 519. The third kappa shape index (κ3) is 2.22. The first kappa shape index (κ1) is 11.1. The van der Waals surface area contributed by atoms with Crippen molar-refractivity contribution in [2.24, 2.45) is 0 Å². The largest absolute Gasteiger partial charge is 0.327 e. The first-order valence-corrected chi connectivity index (χ1v) is 5.73. The minimum absolute atomic E-state index is 0.0774. The number of aromatic nitrogens is 2. The molecule has 1 heterocycles. The van der Waals surface area contributed by atoms with Crippen molar-refractivity contribution in [2.75, 3.05) is 0 Å². The molecule has 0 fully saturated rings. The number of carbonyl (C=O) groups excluding carboxylic acids is 1. The minimum Gasteiger partial charge on any atom is -0.327 e.